The molecule has 0 aliphatic rings. The predicted octanol–water partition coefficient (Wildman–Crippen LogP) is 2.56. The van der Waals surface area contributed by atoms with Gasteiger partial charge in [0.25, 0.3) is 0 Å². The fourth-order valence-corrected chi connectivity index (χ4v) is 1.55. The van der Waals surface area contributed by atoms with Crippen LogP contribution in [0.1, 0.15) is 5.69 Å². The summed E-state index contributed by atoms with van der Waals surface area (Å²) in [5, 5.41) is -0.0898. The zero-order chi connectivity index (χ0) is 10.3. The third-order valence-electron chi connectivity index (χ3n) is 2.03. The standard InChI is InChI=1S/C9H7ClF2N2/c10-6-2-7(11)9-5(8(6)12)1-4(3-13)14-9/h1-2,14H,3,13H2. The molecular weight excluding hydrogens is 210 g/mol. The largest absolute Gasteiger partial charge is 0.355 e. The smallest absolute Gasteiger partial charge is 0.151 e. The number of nitrogens with two attached hydrogens (primary N) is 1. The highest BCUT2D eigenvalue weighted by Gasteiger charge is 2.13. The van der Waals surface area contributed by atoms with E-state index in [-0.39, 0.29) is 22.5 Å². The van der Waals surface area contributed by atoms with E-state index < -0.39 is 11.6 Å². The van der Waals surface area contributed by atoms with E-state index in [0.29, 0.717) is 5.69 Å². The van der Waals surface area contributed by atoms with Crippen molar-refractivity contribution in [2.45, 2.75) is 6.54 Å². The molecule has 0 aliphatic carbocycles. The van der Waals surface area contributed by atoms with Gasteiger partial charge in [0.15, 0.2) is 5.82 Å². The number of aromatic amines is 1. The molecule has 1 heterocycles. The van der Waals surface area contributed by atoms with Gasteiger partial charge in [-0.3, -0.25) is 0 Å². The van der Waals surface area contributed by atoms with E-state index >= 15 is 0 Å². The molecule has 2 rings (SSSR count). The third kappa shape index (κ3) is 1.27. The lowest BCUT2D eigenvalue weighted by Crippen LogP contribution is -1.95. The van der Waals surface area contributed by atoms with E-state index in [4.69, 9.17) is 17.3 Å². The highest BCUT2D eigenvalue weighted by atomic mass is 35.5. The van der Waals surface area contributed by atoms with Crippen LogP contribution in [0, 0.1) is 11.6 Å². The van der Waals surface area contributed by atoms with Gasteiger partial charge < -0.3 is 10.7 Å². The van der Waals surface area contributed by atoms with Gasteiger partial charge in [-0.25, -0.2) is 8.78 Å². The van der Waals surface area contributed by atoms with Crippen LogP contribution in [-0.4, -0.2) is 4.98 Å². The number of H-pyrrole nitrogens is 1. The zero-order valence-electron chi connectivity index (χ0n) is 7.07. The number of nitrogens with one attached hydrogen (secondary N) is 1. The van der Waals surface area contributed by atoms with Crippen LogP contribution in [0.25, 0.3) is 10.9 Å². The van der Waals surface area contributed by atoms with Crippen molar-refractivity contribution in [1.29, 1.82) is 0 Å². The number of hydrogen-bond donors (Lipinski definition) is 2. The van der Waals surface area contributed by atoms with Gasteiger partial charge in [0.05, 0.1) is 10.5 Å². The number of fused-ring (bicyclic) bond motifs is 1. The minimum atomic E-state index is -0.626. The van der Waals surface area contributed by atoms with E-state index in [1.807, 2.05) is 0 Å². The summed E-state index contributed by atoms with van der Waals surface area (Å²) < 4.78 is 26.6. The van der Waals surface area contributed by atoms with Crippen molar-refractivity contribution in [2.24, 2.45) is 5.73 Å². The molecule has 0 spiro atoms. The average Bonchev–Trinajstić information content (AvgIpc) is 2.58. The van der Waals surface area contributed by atoms with E-state index in [1.165, 1.54) is 6.07 Å². The second kappa shape index (κ2) is 3.22. The maximum absolute atomic E-state index is 13.4. The van der Waals surface area contributed by atoms with Gasteiger partial charge >= 0.3 is 0 Å². The van der Waals surface area contributed by atoms with Gasteiger partial charge in [0.1, 0.15) is 5.82 Å². The summed E-state index contributed by atoms with van der Waals surface area (Å²) in [5.41, 5.74) is 6.02. The SMILES string of the molecule is NCc1cc2c(F)c(Cl)cc(F)c2[nH]1. The maximum Gasteiger partial charge on any atom is 0.151 e. The van der Waals surface area contributed by atoms with Crippen molar-refractivity contribution >= 4 is 22.5 Å². The minimum absolute atomic E-state index is 0.104. The predicted molar refractivity (Wildman–Crippen MR) is 51.1 cm³/mol. The maximum atomic E-state index is 13.4. The molecule has 2 nitrogen and oxygen atoms in total. The summed E-state index contributed by atoms with van der Waals surface area (Å²) in [5.74, 6) is -1.20. The van der Waals surface area contributed by atoms with Crippen molar-refractivity contribution in [3.05, 3.63) is 34.5 Å². The number of hydrogen-bond acceptors (Lipinski definition) is 1. The summed E-state index contributed by atoms with van der Waals surface area (Å²) >= 11 is 5.49. The summed E-state index contributed by atoms with van der Waals surface area (Å²) in [7, 11) is 0. The van der Waals surface area contributed by atoms with Gasteiger partial charge in [-0.1, -0.05) is 11.6 Å². The molecule has 14 heavy (non-hydrogen) atoms. The Bertz CT molecular complexity index is 493. The zero-order valence-corrected chi connectivity index (χ0v) is 7.83. The molecule has 5 heteroatoms. The van der Waals surface area contributed by atoms with Crippen LogP contribution in [0.3, 0.4) is 0 Å². The molecule has 0 amide bonds. The fourth-order valence-electron chi connectivity index (χ4n) is 1.36. The number of aromatic nitrogens is 1. The van der Waals surface area contributed by atoms with E-state index in [1.54, 1.807) is 0 Å². The van der Waals surface area contributed by atoms with Crippen molar-refractivity contribution in [2.75, 3.05) is 0 Å². The molecule has 0 fully saturated rings. The molecule has 0 saturated heterocycles. The molecular formula is C9H7ClF2N2. The molecule has 2 aromatic rings. The molecule has 0 aliphatic heterocycles. The molecule has 3 N–H and O–H groups in total. The Hall–Kier alpha value is -1.13. The third-order valence-corrected chi connectivity index (χ3v) is 2.31. The van der Waals surface area contributed by atoms with Gasteiger partial charge in [-0.15, -0.1) is 0 Å². The van der Waals surface area contributed by atoms with Gasteiger partial charge in [-0.2, -0.15) is 0 Å². The normalized spacial score (nSPS) is 11.1. The first kappa shape index (κ1) is 9.43. The Kier molecular flexibility index (Phi) is 2.17. The monoisotopic (exact) mass is 216 g/mol. The Morgan fingerprint density at radius 3 is 2.71 bits per heavy atom. The molecule has 1 aromatic heterocycles. The van der Waals surface area contributed by atoms with Crippen LogP contribution in [0.4, 0.5) is 8.78 Å². The van der Waals surface area contributed by atoms with E-state index in [2.05, 4.69) is 4.98 Å². The first-order valence-electron chi connectivity index (χ1n) is 3.98. The second-order valence-corrected chi connectivity index (χ2v) is 3.35. The summed E-state index contributed by atoms with van der Waals surface area (Å²) in [6, 6.07) is 2.40. The number of benzene rings is 1. The van der Waals surface area contributed by atoms with Gasteiger partial charge in [0, 0.05) is 17.6 Å². The Balaban J connectivity index is 2.84. The molecule has 1 aromatic carbocycles. The van der Waals surface area contributed by atoms with Crippen LogP contribution >= 0.6 is 11.6 Å². The second-order valence-electron chi connectivity index (χ2n) is 2.94. The van der Waals surface area contributed by atoms with Crippen LogP contribution in [0.5, 0.6) is 0 Å². The molecule has 0 unspecified atom stereocenters. The highest BCUT2D eigenvalue weighted by Crippen LogP contribution is 2.27. The van der Waals surface area contributed by atoms with Crippen molar-refractivity contribution < 1.29 is 8.78 Å². The fraction of sp³-hybridized carbons (Fsp3) is 0.111. The summed E-state index contributed by atoms with van der Waals surface area (Å²) in [4.78, 5) is 2.68. The summed E-state index contributed by atoms with van der Waals surface area (Å²) in [6.07, 6.45) is 0. The lowest BCUT2D eigenvalue weighted by molar-refractivity contribution is 0.617. The van der Waals surface area contributed by atoms with Crippen molar-refractivity contribution in [3.63, 3.8) is 0 Å². The Labute approximate surface area is 83.7 Å². The number of halogens is 3. The van der Waals surface area contributed by atoms with Crippen LogP contribution in [-0.2, 0) is 6.54 Å². The molecule has 0 saturated carbocycles. The molecule has 0 atom stereocenters. The van der Waals surface area contributed by atoms with Crippen LogP contribution < -0.4 is 5.73 Å². The minimum Gasteiger partial charge on any atom is -0.355 e. The lowest BCUT2D eigenvalue weighted by Gasteiger charge is -1.96. The van der Waals surface area contributed by atoms with Crippen molar-refractivity contribution in [1.82, 2.24) is 4.98 Å². The van der Waals surface area contributed by atoms with Crippen LogP contribution in [0.15, 0.2) is 12.1 Å². The topological polar surface area (TPSA) is 41.8 Å². The first-order chi connectivity index (χ1) is 6.63. The number of rotatable bonds is 1. The lowest BCUT2D eigenvalue weighted by atomic mass is 10.2. The Morgan fingerprint density at radius 1 is 1.36 bits per heavy atom. The molecule has 0 radical (unpaired) electrons. The van der Waals surface area contributed by atoms with Crippen molar-refractivity contribution in [3.8, 4) is 0 Å². The van der Waals surface area contributed by atoms with Gasteiger partial charge in [-0.05, 0) is 12.1 Å². The summed E-state index contributed by atoms with van der Waals surface area (Å²) in [6.45, 7) is 0.200. The van der Waals surface area contributed by atoms with E-state index in [9.17, 15) is 8.78 Å². The molecule has 0 bridgehead atoms. The highest BCUT2D eigenvalue weighted by molar-refractivity contribution is 6.31. The molecule has 74 valence electrons. The first-order valence-corrected chi connectivity index (χ1v) is 4.36. The van der Waals surface area contributed by atoms with E-state index in [0.717, 1.165) is 6.07 Å². The quantitative estimate of drug-likeness (QED) is 0.707. The van der Waals surface area contributed by atoms with Crippen LogP contribution in [0.2, 0.25) is 5.02 Å². The average molecular weight is 217 g/mol. The van der Waals surface area contributed by atoms with Gasteiger partial charge in [0.2, 0.25) is 0 Å². The Morgan fingerprint density at radius 2 is 2.07 bits per heavy atom.